The molecule has 2 aromatic rings. The lowest BCUT2D eigenvalue weighted by Crippen LogP contribution is -2.39. The number of aromatic nitrogens is 2. The van der Waals surface area contributed by atoms with Crippen LogP contribution in [0.25, 0.3) is 0 Å². The van der Waals surface area contributed by atoms with Crippen molar-refractivity contribution in [1.29, 1.82) is 0 Å². The van der Waals surface area contributed by atoms with E-state index in [2.05, 4.69) is 15.3 Å². The van der Waals surface area contributed by atoms with E-state index in [1.54, 1.807) is 6.20 Å². The lowest BCUT2D eigenvalue weighted by Gasteiger charge is -2.28. The summed E-state index contributed by atoms with van der Waals surface area (Å²) in [6.07, 6.45) is -0.891. The number of carbonyl (C=O) groups is 1. The third kappa shape index (κ3) is 3.43. The molecule has 1 aliphatic rings. The molecule has 1 N–H and O–H groups in total. The average molecular weight is 357 g/mol. The van der Waals surface area contributed by atoms with Crippen LogP contribution in [0.2, 0.25) is 5.02 Å². The summed E-state index contributed by atoms with van der Waals surface area (Å²) >= 11 is 5.57. The van der Waals surface area contributed by atoms with Crippen molar-refractivity contribution in [2.75, 3.05) is 11.9 Å². The minimum atomic E-state index is -4.58. The van der Waals surface area contributed by atoms with Crippen LogP contribution in [0.1, 0.15) is 16.8 Å². The molecule has 0 saturated carbocycles. The quantitative estimate of drug-likeness (QED) is 0.846. The van der Waals surface area contributed by atoms with Crippen molar-refractivity contribution in [3.63, 3.8) is 0 Å². The van der Waals surface area contributed by atoms with Crippen LogP contribution in [0.15, 0.2) is 30.7 Å². The van der Waals surface area contributed by atoms with Crippen molar-refractivity contribution in [3.8, 4) is 0 Å². The maximum absolute atomic E-state index is 12.9. The molecule has 1 aromatic heterocycles. The van der Waals surface area contributed by atoms with Crippen LogP contribution in [-0.4, -0.2) is 27.4 Å². The topological polar surface area (TPSA) is 58.1 Å². The summed E-state index contributed by atoms with van der Waals surface area (Å²) < 4.78 is 38.6. The van der Waals surface area contributed by atoms with Crippen molar-refractivity contribution in [2.24, 2.45) is 0 Å². The first kappa shape index (κ1) is 16.5. The summed E-state index contributed by atoms with van der Waals surface area (Å²) in [6, 6.07) is 2.77. The second-order valence-corrected chi connectivity index (χ2v) is 5.70. The van der Waals surface area contributed by atoms with E-state index in [4.69, 9.17) is 11.6 Å². The molecule has 24 heavy (non-hydrogen) atoms. The summed E-state index contributed by atoms with van der Waals surface area (Å²) in [6.45, 7) is 0.718. The van der Waals surface area contributed by atoms with Gasteiger partial charge in [0.15, 0.2) is 0 Å². The monoisotopic (exact) mass is 356 g/mol. The van der Waals surface area contributed by atoms with Gasteiger partial charge in [-0.3, -0.25) is 0 Å². The Labute approximate surface area is 140 Å². The van der Waals surface area contributed by atoms with Gasteiger partial charge in [0.1, 0.15) is 6.33 Å². The molecule has 0 saturated heterocycles. The standard InChI is InChI=1S/C15H12ClF3N4O/c16-12-2-1-10(5-11(12)15(17,18)19)22-14(24)23-4-3-9-6-20-8-21-13(9)7-23/h1-2,5-6,8H,3-4,7H2,(H,22,24). The number of carbonyl (C=O) groups excluding carboxylic acids is 1. The Morgan fingerprint density at radius 2 is 2.12 bits per heavy atom. The van der Waals surface area contributed by atoms with E-state index in [0.29, 0.717) is 13.0 Å². The smallest absolute Gasteiger partial charge is 0.318 e. The van der Waals surface area contributed by atoms with Gasteiger partial charge in [-0.2, -0.15) is 13.2 Å². The Balaban J connectivity index is 1.74. The SMILES string of the molecule is O=C(Nc1ccc(Cl)c(C(F)(F)F)c1)N1CCc2cncnc2C1. The first-order valence-electron chi connectivity index (χ1n) is 7.05. The summed E-state index contributed by atoms with van der Waals surface area (Å²) in [7, 11) is 0. The van der Waals surface area contributed by atoms with Crippen LogP contribution >= 0.6 is 11.6 Å². The van der Waals surface area contributed by atoms with E-state index in [-0.39, 0.29) is 12.2 Å². The van der Waals surface area contributed by atoms with E-state index < -0.39 is 22.8 Å². The Hall–Kier alpha value is -2.35. The van der Waals surface area contributed by atoms with Crippen molar-refractivity contribution < 1.29 is 18.0 Å². The Kier molecular flexibility index (Phi) is 4.31. The minimum Gasteiger partial charge on any atom is -0.318 e. The molecule has 3 rings (SSSR count). The zero-order valence-corrected chi connectivity index (χ0v) is 13.0. The van der Waals surface area contributed by atoms with Crippen molar-refractivity contribution >= 4 is 23.3 Å². The van der Waals surface area contributed by atoms with Gasteiger partial charge in [-0.1, -0.05) is 11.6 Å². The van der Waals surface area contributed by atoms with Gasteiger partial charge in [0.2, 0.25) is 0 Å². The number of nitrogens with zero attached hydrogens (tertiary/aromatic N) is 3. The largest absolute Gasteiger partial charge is 0.417 e. The van der Waals surface area contributed by atoms with E-state index in [1.807, 2.05) is 0 Å². The number of rotatable bonds is 1. The van der Waals surface area contributed by atoms with E-state index in [1.165, 1.54) is 17.3 Å². The zero-order valence-electron chi connectivity index (χ0n) is 12.3. The molecule has 0 fully saturated rings. The molecule has 5 nitrogen and oxygen atoms in total. The molecule has 126 valence electrons. The highest BCUT2D eigenvalue weighted by Crippen LogP contribution is 2.36. The highest BCUT2D eigenvalue weighted by Gasteiger charge is 2.33. The second kappa shape index (κ2) is 6.27. The van der Waals surface area contributed by atoms with Crippen LogP contribution in [0.3, 0.4) is 0 Å². The zero-order chi connectivity index (χ0) is 17.3. The molecule has 0 aliphatic carbocycles. The molecule has 0 bridgehead atoms. The Morgan fingerprint density at radius 1 is 1.33 bits per heavy atom. The molecule has 1 aliphatic heterocycles. The normalized spacial score (nSPS) is 14.2. The van der Waals surface area contributed by atoms with Gasteiger partial charge in [0.05, 0.1) is 22.8 Å². The van der Waals surface area contributed by atoms with Crippen LogP contribution < -0.4 is 5.32 Å². The predicted molar refractivity (Wildman–Crippen MR) is 81.6 cm³/mol. The van der Waals surface area contributed by atoms with Gasteiger partial charge in [-0.05, 0) is 30.2 Å². The first-order chi connectivity index (χ1) is 11.3. The molecule has 2 amide bonds. The summed E-state index contributed by atoms with van der Waals surface area (Å²) in [5.41, 5.74) is 0.745. The highest BCUT2D eigenvalue weighted by atomic mass is 35.5. The summed E-state index contributed by atoms with van der Waals surface area (Å²) in [4.78, 5) is 21.8. The average Bonchev–Trinajstić information content (AvgIpc) is 2.55. The van der Waals surface area contributed by atoms with Crippen LogP contribution in [0, 0.1) is 0 Å². The molecule has 0 spiro atoms. The molecule has 0 unspecified atom stereocenters. The lowest BCUT2D eigenvalue weighted by atomic mass is 10.1. The molecular weight excluding hydrogens is 345 g/mol. The molecular formula is C15H12ClF3N4O. The fourth-order valence-electron chi connectivity index (χ4n) is 2.45. The lowest BCUT2D eigenvalue weighted by molar-refractivity contribution is -0.137. The third-order valence-electron chi connectivity index (χ3n) is 3.68. The Morgan fingerprint density at radius 3 is 2.88 bits per heavy atom. The first-order valence-corrected chi connectivity index (χ1v) is 7.43. The van der Waals surface area contributed by atoms with Gasteiger partial charge in [-0.15, -0.1) is 0 Å². The number of hydrogen-bond donors (Lipinski definition) is 1. The van der Waals surface area contributed by atoms with Gasteiger partial charge >= 0.3 is 12.2 Å². The predicted octanol–water partition coefficient (Wildman–Crippen LogP) is 3.74. The number of hydrogen-bond acceptors (Lipinski definition) is 3. The van der Waals surface area contributed by atoms with Gasteiger partial charge < -0.3 is 10.2 Å². The third-order valence-corrected chi connectivity index (χ3v) is 4.01. The number of halogens is 4. The fourth-order valence-corrected chi connectivity index (χ4v) is 2.67. The van der Waals surface area contributed by atoms with Crippen LogP contribution in [-0.2, 0) is 19.1 Å². The van der Waals surface area contributed by atoms with Gasteiger partial charge in [0.25, 0.3) is 0 Å². The summed E-state index contributed by atoms with van der Waals surface area (Å²) in [5.74, 6) is 0. The van der Waals surface area contributed by atoms with Crippen LogP contribution in [0.5, 0.6) is 0 Å². The number of benzene rings is 1. The van der Waals surface area contributed by atoms with E-state index in [0.717, 1.165) is 23.4 Å². The summed E-state index contributed by atoms with van der Waals surface area (Å²) in [5, 5.41) is 2.05. The van der Waals surface area contributed by atoms with E-state index in [9.17, 15) is 18.0 Å². The molecule has 2 heterocycles. The molecule has 0 atom stereocenters. The van der Waals surface area contributed by atoms with Crippen molar-refractivity contribution in [3.05, 3.63) is 52.6 Å². The number of alkyl halides is 3. The minimum absolute atomic E-state index is 0.0326. The van der Waals surface area contributed by atoms with E-state index >= 15 is 0 Å². The van der Waals surface area contributed by atoms with Crippen LogP contribution in [0.4, 0.5) is 23.7 Å². The molecule has 9 heteroatoms. The van der Waals surface area contributed by atoms with Gasteiger partial charge in [0, 0.05) is 18.4 Å². The maximum Gasteiger partial charge on any atom is 0.417 e. The fraction of sp³-hybridized carbons (Fsp3) is 0.267. The van der Waals surface area contributed by atoms with Crippen molar-refractivity contribution in [2.45, 2.75) is 19.1 Å². The highest BCUT2D eigenvalue weighted by molar-refractivity contribution is 6.31. The van der Waals surface area contributed by atoms with Crippen molar-refractivity contribution in [1.82, 2.24) is 14.9 Å². The number of urea groups is 1. The Bertz CT molecular complexity index is 782. The maximum atomic E-state index is 12.9. The molecule has 1 aromatic carbocycles. The number of amides is 2. The second-order valence-electron chi connectivity index (χ2n) is 5.29. The number of fused-ring (bicyclic) bond motifs is 1. The molecule has 0 radical (unpaired) electrons. The van der Waals surface area contributed by atoms with Gasteiger partial charge in [-0.25, -0.2) is 14.8 Å². The number of anilines is 1. The number of nitrogens with one attached hydrogen (secondary N) is 1.